The van der Waals surface area contributed by atoms with E-state index in [1.807, 2.05) is 29.2 Å². The molecule has 0 N–H and O–H groups in total. The van der Waals surface area contributed by atoms with Crippen LogP contribution in [0.1, 0.15) is 49.5 Å². The second kappa shape index (κ2) is 10.3. The molecule has 0 aliphatic carbocycles. The van der Waals surface area contributed by atoms with Crippen molar-refractivity contribution in [2.24, 2.45) is 5.92 Å². The summed E-state index contributed by atoms with van der Waals surface area (Å²) < 4.78 is 0. The average molecular weight is 433 g/mol. The third-order valence-electron chi connectivity index (χ3n) is 5.39. The number of carbonyl (C=O) groups is 1. The van der Waals surface area contributed by atoms with Crippen LogP contribution in [0.3, 0.4) is 0 Å². The lowest BCUT2D eigenvalue weighted by molar-refractivity contribution is 0.0697. The van der Waals surface area contributed by atoms with Gasteiger partial charge < -0.3 is 9.80 Å². The average Bonchev–Trinajstić information content (AvgIpc) is 2.73. The first-order valence-electron chi connectivity index (χ1n) is 10.3. The van der Waals surface area contributed by atoms with Crippen molar-refractivity contribution in [3.63, 3.8) is 0 Å². The predicted octanol–water partition coefficient (Wildman–Crippen LogP) is 5.14. The molecular formula is C22H29ClN4OS. The largest absolute Gasteiger partial charge is 0.357 e. The molecule has 0 bridgehead atoms. The number of halogens is 1. The zero-order valence-electron chi connectivity index (χ0n) is 17.4. The summed E-state index contributed by atoms with van der Waals surface area (Å²) in [7, 11) is 0. The van der Waals surface area contributed by atoms with Gasteiger partial charge in [-0.1, -0.05) is 42.4 Å². The van der Waals surface area contributed by atoms with Crippen LogP contribution in [0.15, 0.2) is 35.5 Å². The Balaban J connectivity index is 1.61. The van der Waals surface area contributed by atoms with Gasteiger partial charge in [0.2, 0.25) is 0 Å². The summed E-state index contributed by atoms with van der Waals surface area (Å²) in [6.45, 7) is 9.91. The number of carbonyl (C=O) groups excluding carboxylic acids is 1. The van der Waals surface area contributed by atoms with Crippen LogP contribution in [-0.4, -0.2) is 47.0 Å². The Morgan fingerprint density at radius 3 is 2.45 bits per heavy atom. The van der Waals surface area contributed by atoms with E-state index in [0.717, 1.165) is 67.6 Å². The molecule has 0 radical (unpaired) electrons. The van der Waals surface area contributed by atoms with E-state index in [0.29, 0.717) is 10.3 Å². The minimum absolute atomic E-state index is 0.137. The van der Waals surface area contributed by atoms with E-state index in [1.165, 1.54) is 0 Å². The van der Waals surface area contributed by atoms with E-state index < -0.39 is 0 Å². The van der Waals surface area contributed by atoms with Crippen LogP contribution in [0.2, 0.25) is 5.15 Å². The van der Waals surface area contributed by atoms with E-state index in [9.17, 15) is 4.79 Å². The van der Waals surface area contributed by atoms with Gasteiger partial charge in [0.15, 0.2) is 5.16 Å². The minimum atomic E-state index is 0.137. The normalized spacial score (nSPS) is 14.8. The molecule has 2 aromatic rings. The molecule has 29 heavy (non-hydrogen) atoms. The van der Waals surface area contributed by atoms with Gasteiger partial charge in [0.05, 0.1) is 0 Å². The fraction of sp³-hybridized carbons (Fsp3) is 0.500. The van der Waals surface area contributed by atoms with Gasteiger partial charge in [-0.05, 0) is 50.3 Å². The van der Waals surface area contributed by atoms with Crippen LogP contribution in [0.5, 0.6) is 0 Å². The van der Waals surface area contributed by atoms with Gasteiger partial charge in [0.1, 0.15) is 11.0 Å². The summed E-state index contributed by atoms with van der Waals surface area (Å²) in [5, 5.41) is 1.13. The fourth-order valence-electron chi connectivity index (χ4n) is 3.45. The molecule has 1 saturated heterocycles. The number of amides is 1. The molecule has 156 valence electrons. The van der Waals surface area contributed by atoms with Crippen LogP contribution in [0, 0.1) is 5.92 Å². The second-order valence-corrected chi connectivity index (χ2v) is 8.79. The Hall–Kier alpha value is -1.79. The van der Waals surface area contributed by atoms with Gasteiger partial charge in [-0.15, -0.1) is 0 Å². The molecule has 1 amide bonds. The molecule has 3 rings (SSSR count). The molecule has 0 atom stereocenters. The van der Waals surface area contributed by atoms with E-state index in [-0.39, 0.29) is 5.91 Å². The van der Waals surface area contributed by atoms with Crippen LogP contribution >= 0.6 is 23.4 Å². The van der Waals surface area contributed by atoms with Crippen molar-refractivity contribution in [1.82, 2.24) is 14.9 Å². The summed E-state index contributed by atoms with van der Waals surface area (Å²) in [5.74, 6) is 2.44. The highest BCUT2D eigenvalue weighted by Crippen LogP contribution is 2.25. The molecule has 2 heterocycles. The third-order valence-corrected chi connectivity index (χ3v) is 6.50. The van der Waals surface area contributed by atoms with Crippen LogP contribution < -0.4 is 4.90 Å². The monoisotopic (exact) mass is 432 g/mol. The Morgan fingerprint density at radius 1 is 1.17 bits per heavy atom. The molecule has 7 heteroatoms. The summed E-state index contributed by atoms with van der Waals surface area (Å²) in [5.41, 5.74) is 1.89. The van der Waals surface area contributed by atoms with Crippen molar-refractivity contribution in [3.8, 4) is 0 Å². The number of thioether (sulfide) groups is 1. The number of rotatable bonds is 7. The van der Waals surface area contributed by atoms with E-state index in [4.69, 9.17) is 11.6 Å². The first-order valence-corrected chi connectivity index (χ1v) is 11.7. The molecule has 1 aromatic heterocycles. The number of piperidine rings is 1. The number of nitrogens with zero attached hydrogens (tertiary/aromatic N) is 4. The maximum Gasteiger partial charge on any atom is 0.253 e. The highest BCUT2D eigenvalue weighted by Gasteiger charge is 2.21. The Kier molecular flexibility index (Phi) is 7.78. The van der Waals surface area contributed by atoms with Gasteiger partial charge in [0, 0.05) is 43.6 Å². The summed E-state index contributed by atoms with van der Waals surface area (Å²) in [6.07, 6.45) is 2.19. The van der Waals surface area contributed by atoms with E-state index in [2.05, 4.69) is 35.6 Å². The Bertz CT molecular complexity index is 818. The lowest BCUT2D eigenvalue weighted by Gasteiger charge is -2.30. The van der Waals surface area contributed by atoms with Gasteiger partial charge in [-0.2, -0.15) is 0 Å². The quantitative estimate of drug-likeness (QED) is 0.344. The zero-order valence-corrected chi connectivity index (χ0v) is 19.0. The molecule has 0 unspecified atom stereocenters. The molecular weight excluding hydrogens is 404 g/mol. The van der Waals surface area contributed by atoms with Crippen molar-refractivity contribution >= 4 is 35.1 Å². The SMILES string of the molecule is CCN(CC)c1cc(Cl)nc(SCc2ccc(C(=O)N3CCC(C)CC3)cc2)n1. The number of hydrogen-bond donors (Lipinski definition) is 0. The van der Waals surface area contributed by atoms with Gasteiger partial charge >= 0.3 is 0 Å². The predicted molar refractivity (Wildman–Crippen MR) is 121 cm³/mol. The van der Waals surface area contributed by atoms with Crippen LogP contribution in [0.25, 0.3) is 0 Å². The number of benzene rings is 1. The second-order valence-electron chi connectivity index (χ2n) is 7.46. The summed E-state index contributed by atoms with van der Waals surface area (Å²) in [6, 6.07) is 9.69. The van der Waals surface area contributed by atoms with Gasteiger partial charge in [-0.25, -0.2) is 9.97 Å². The summed E-state index contributed by atoms with van der Waals surface area (Å²) >= 11 is 7.75. The highest BCUT2D eigenvalue weighted by molar-refractivity contribution is 7.98. The summed E-state index contributed by atoms with van der Waals surface area (Å²) in [4.78, 5) is 25.8. The maximum atomic E-state index is 12.7. The standard InChI is InChI=1S/C22H29ClN4OS/c1-4-26(5-2)20-14-19(23)24-22(25-20)29-15-17-6-8-18(9-7-17)21(28)27-12-10-16(3)11-13-27/h6-9,14,16H,4-5,10-13,15H2,1-3H3. The van der Waals surface area contributed by atoms with Crippen molar-refractivity contribution in [3.05, 3.63) is 46.6 Å². The highest BCUT2D eigenvalue weighted by atomic mass is 35.5. The minimum Gasteiger partial charge on any atom is -0.357 e. The van der Waals surface area contributed by atoms with Crippen molar-refractivity contribution in [1.29, 1.82) is 0 Å². The van der Waals surface area contributed by atoms with Crippen LogP contribution in [-0.2, 0) is 5.75 Å². The lowest BCUT2D eigenvalue weighted by atomic mass is 9.98. The third kappa shape index (κ3) is 5.86. The van der Waals surface area contributed by atoms with Gasteiger partial charge in [-0.3, -0.25) is 4.79 Å². The molecule has 5 nitrogen and oxygen atoms in total. The van der Waals surface area contributed by atoms with Crippen LogP contribution in [0.4, 0.5) is 5.82 Å². The number of aromatic nitrogens is 2. The first kappa shape index (κ1) is 21.9. The zero-order chi connectivity index (χ0) is 20.8. The molecule has 0 spiro atoms. The molecule has 1 fully saturated rings. The number of anilines is 1. The van der Waals surface area contributed by atoms with E-state index in [1.54, 1.807) is 17.8 Å². The first-order chi connectivity index (χ1) is 14.0. The van der Waals surface area contributed by atoms with E-state index >= 15 is 0 Å². The van der Waals surface area contributed by atoms with Gasteiger partial charge in [0.25, 0.3) is 5.91 Å². The maximum absolute atomic E-state index is 12.7. The number of likely N-dealkylation sites (tertiary alicyclic amines) is 1. The van der Waals surface area contributed by atoms with Crippen molar-refractivity contribution < 1.29 is 4.79 Å². The topological polar surface area (TPSA) is 49.3 Å². The van der Waals surface area contributed by atoms with Crippen molar-refractivity contribution in [2.75, 3.05) is 31.1 Å². The molecule has 1 aromatic carbocycles. The van der Waals surface area contributed by atoms with Crippen molar-refractivity contribution in [2.45, 2.75) is 44.5 Å². The smallest absolute Gasteiger partial charge is 0.253 e. The molecule has 1 aliphatic heterocycles. The molecule has 0 saturated carbocycles. The Labute approximate surface area is 182 Å². The fourth-order valence-corrected chi connectivity index (χ4v) is 4.48. The molecule has 1 aliphatic rings. The lowest BCUT2D eigenvalue weighted by Crippen LogP contribution is -2.37. The Morgan fingerprint density at radius 2 is 1.83 bits per heavy atom. The number of hydrogen-bond acceptors (Lipinski definition) is 5.